The van der Waals surface area contributed by atoms with E-state index in [1.165, 1.54) is 57.8 Å². The van der Waals surface area contributed by atoms with Crippen LogP contribution in [-0.4, -0.2) is 36.9 Å². The van der Waals surface area contributed by atoms with Crippen LogP contribution in [0.3, 0.4) is 0 Å². The van der Waals surface area contributed by atoms with Crippen molar-refractivity contribution < 1.29 is 40.7 Å². The molecule has 0 heterocycles. The Kier molecular flexibility index (Phi) is 17.1. The molecule has 0 spiro atoms. The van der Waals surface area contributed by atoms with Crippen molar-refractivity contribution in [2.24, 2.45) is 0 Å². The summed E-state index contributed by atoms with van der Waals surface area (Å²) in [7, 11) is 0. The van der Waals surface area contributed by atoms with Gasteiger partial charge in [0.25, 0.3) is 0 Å². The molecular formula is C23H39F6NO3. The Balaban J connectivity index is 3.93. The molecule has 1 atom stereocenters. The summed E-state index contributed by atoms with van der Waals surface area (Å²) in [5, 5.41) is 1.60. The Hall–Kier alpha value is -1.48. The van der Waals surface area contributed by atoms with Gasteiger partial charge in [-0.3, -0.25) is 4.79 Å². The van der Waals surface area contributed by atoms with E-state index in [4.69, 9.17) is 0 Å². The monoisotopic (exact) mass is 491 g/mol. The van der Waals surface area contributed by atoms with Crippen LogP contribution < -0.4 is 5.32 Å². The first-order valence-corrected chi connectivity index (χ1v) is 12.1. The van der Waals surface area contributed by atoms with Crippen molar-refractivity contribution in [2.45, 2.75) is 128 Å². The molecule has 0 saturated heterocycles. The number of unbranched alkanes of at least 4 members (excludes halogenated alkanes) is 14. The summed E-state index contributed by atoms with van der Waals surface area (Å²) in [5.41, 5.74) is 0. The van der Waals surface area contributed by atoms with Crippen molar-refractivity contribution in [1.82, 2.24) is 5.32 Å². The molecule has 0 fully saturated rings. The Morgan fingerprint density at radius 2 is 1.06 bits per heavy atom. The van der Waals surface area contributed by atoms with E-state index in [9.17, 15) is 35.9 Å². The first-order chi connectivity index (χ1) is 15.5. The summed E-state index contributed by atoms with van der Waals surface area (Å²) in [4.78, 5) is 21.9. The maximum Gasteiger partial charge on any atom is 0.490 e. The highest BCUT2D eigenvalue weighted by Crippen LogP contribution is 2.19. The van der Waals surface area contributed by atoms with Gasteiger partial charge < -0.3 is 10.1 Å². The second-order valence-electron chi connectivity index (χ2n) is 8.50. The number of hydrogen-bond donors (Lipinski definition) is 1. The van der Waals surface area contributed by atoms with Gasteiger partial charge >= 0.3 is 24.2 Å². The summed E-state index contributed by atoms with van der Waals surface area (Å²) in [6.07, 6.45) is 6.15. The van der Waals surface area contributed by atoms with E-state index in [0.29, 0.717) is 12.8 Å². The number of hydrogen-bond acceptors (Lipinski definition) is 3. The lowest BCUT2D eigenvalue weighted by molar-refractivity contribution is -0.200. The van der Waals surface area contributed by atoms with Crippen LogP contribution in [0.5, 0.6) is 0 Å². The van der Waals surface area contributed by atoms with Gasteiger partial charge in [-0.1, -0.05) is 103 Å². The van der Waals surface area contributed by atoms with Crippen LogP contribution in [0, 0.1) is 0 Å². The van der Waals surface area contributed by atoms with Crippen molar-refractivity contribution in [1.29, 1.82) is 0 Å². The van der Waals surface area contributed by atoms with Crippen LogP contribution in [0.2, 0.25) is 0 Å². The van der Waals surface area contributed by atoms with Crippen molar-refractivity contribution in [2.75, 3.05) is 6.61 Å². The SMILES string of the molecule is CCCCCCCCCCCCCCCCC[C@@H](COC(=O)C(F)(F)F)NC(=O)C(F)(F)F. The fourth-order valence-electron chi connectivity index (χ4n) is 3.48. The quantitative estimate of drug-likeness (QED) is 0.116. The average molecular weight is 492 g/mol. The minimum atomic E-state index is -5.24. The van der Waals surface area contributed by atoms with Gasteiger partial charge in [0.15, 0.2) is 0 Å². The number of esters is 1. The van der Waals surface area contributed by atoms with Gasteiger partial charge in [-0.05, 0) is 6.42 Å². The minimum Gasteiger partial charge on any atom is -0.457 e. The van der Waals surface area contributed by atoms with Crippen LogP contribution in [-0.2, 0) is 14.3 Å². The van der Waals surface area contributed by atoms with Gasteiger partial charge in [0.05, 0.1) is 6.04 Å². The highest BCUT2D eigenvalue weighted by atomic mass is 19.4. The molecule has 0 saturated carbocycles. The van der Waals surface area contributed by atoms with Gasteiger partial charge in [0.2, 0.25) is 0 Å². The summed E-state index contributed by atoms with van der Waals surface area (Å²) in [6, 6.07) is -1.33. The number of nitrogens with one attached hydrogen (secondary N) is 1. The predicted octanol–water partition coefficient (Wildman–Crippen LogP) is 7.40. The van der Waals surface area contributed by atoms with E-state index in [2.05, 4.69) is 11.7 Å². The number of carbonyl (C=O) groups excluding carboxylic acids is 2. The summed E-state index contributed by atoms with van der Waals surface area (Å²) in [6.45, 7) is 1.24. The number of amides is 1. The third-order valence-corrected chi connectivity index (χ3v) is 5.40. The zero-order chi connectivity index (χ0) is 25.2. The van der Waals surface area contributed by atoms with Crippen molar-refractivity contribution in [3.63, 3.8) is 0 Å². The standard InChI is InChI=1S/C23H39F6NO3/c1-2-3-4-5-6-7-8-9-10-11-12-13-14-15-16-17-19(30-20(31)22(24,25)26)18-33-21(32)23(27,28)29/h19H,2-18H2,1H3,(H,30,31)/t19-/m0/s1. The molecule has 33 heavy (non-hydrogen) atoms. The Bertz CT molecular complexity index is 523. The molecule has 1 amide bonds. The maximum absolute atomic E-state index is 12.4. The molecule has 0 radical (unpaired) electrons. The first-order valence-electron chi connectivity index (χ1n) is 12.1. The molecule has 0 aliphatic rings. The van der Waals surface area contributed by atoms with E-state index in [1.54, 1.807) is 5.32 Å². The van der Waals surface area contributed by atoms with Gasteiger partial charge in [0, 0.05) is 0 Å². The Morgan fingerprint density at radius 3 is 1.42 bits per heavy atom. The van der Waals surface area contributed by atoms with Crippen molar-refractivity contribution in [3.05, 3.63) is 0 Å². The van der Waals surface area contributed by atoms with Gasteiger partial charge in [-0.15, -0.1) is 0 Å². The average Bonchev–Trinajstić information content (AvgIpc) is 2.72. The summed E-state index contributed by atoms with van der Waals surface area (Å²) in [5.74, 6) is -4.76. The molecule has 0 aromatic rings. The van der Waals surface area contributed by atoms with E-state index in [1.807, 2.05) is 0 Å². The number of alkyl halides is 6. The maximum atomic E-state index is 12.4. The highest BCUT2D eigenvalue weighted by Gasteiger charge is 2.42. The summed E-state index contributed by atoms with van der Waals surface area (Å²) >= 11 is 0. The van der Waals surface area contributed by atoms with Crippen LogP contribution in [0.1, 0.15) is 110 Å². The van der Waals surface area contributed by atoms with Gasteiger partial charge in [-0.25, -0.2) is 4.79 Å². The molecule has 0 aliphatic heterocycles. The number of rotatable bonds is 19. The smallest absolute Gasteiger partial charge is 0.457 e. The lowest BCUT2D eigenvalue weighted by atomic mass is 10.0. The van der Waals surface area contributed by atoms with E-state index < -0.39 is 36.9 Å². The largest absolute Gasteiger partial charge is 0.490 e. The van der Waals surface area contributed by atoms with E-state index >= 15 is 0 Å². The molecule has 0 bridgehead atoms. The summed E-state index contributed by atoms with van der Waals surface area (Å²) < 4.78 is 77.9. The van der Waals surface area contributed by atoms with E-state index in [0.717, 1.165) is 25.7 Å². The van der Waals surface area contributed by atoms with E-state index in [-0.39, 0.29) is 6.42 Å². The number of ether oxygens (including phenoxy) is 1. The topological polar surface area (TPSA) is 55.4 Å². The molecule has 196 valence electrons. The molecule has 1 N–H and O–H groups in total. The molecule has 0 aromatic carbocycles. The Labute approximate surface area is 193 Å². The van der Waals surface area contributed by atoms with Crippen LogP contribution in [0.15, 0.2) is 0 Å². The third-order valence-electron chi connectivity index (χ3n) is 5.40. The zero-order valence-electron chi connectivity index (χ0n) is 19.6. The van der Waals surface area contributed by atoms with Gasteiger partial charge in [-0.2, -0.15) is 26.3 Å². The molecule has 10 heteroatoms. The van der Waals surface area contributed by atoms with Crippen molar-refractivity contribution in [3.8, 4) is 0 Å². The second-order valence-corrected chi connectivity index (χ2v) is 8.50. The molecule has 0 aliphatic carbocycles. The lowest BCUT2D eigenvalue weighted by Crippen LogP contribution is -2.46. The fraction of sp³-hybridized carbons (Fsp3) is 0.913. The van der Waals surface area contributed by atoms with Crippen LogP contribution in [0.4, 0.5) is 26.3 Å². The Morgan fingerprint density at radius 1 is 0.667 bits per heavy atom. The molecular weight excluding hydrogens is 452 g/mol. The third kappa shape index (κ3) is 18.6. The molecule has 0 aromatic heterocycles. The lowest BCUT2D eigenvalue weighted by Gasteiger charge is -2.20. The molecule has 0 rings (SSSR count). The zero-order valence-corrected chi connectivity index (χ0v) is 19.6. The van der Waals surface area contributed by atoms with Gasteiger partial charge in [0.1, 0.15) is 6.61 Å². The number of carbonyl (C=O) groups is 2. The molecule has 0 unspecified atom stereocenters. The highest BCUT2D eigenvalue weighted by molar-refractivity contribution is 5.82. The first kappa shape index (κ1) is 31.5. The second kappa shape index (κ2) is 17.9. The normalized spacial score (nSPS) is 13.1. The van der Waals surface area contributed by atoms with Crippen LogP contribution >= 0.6 is 0 Å². The number of halogens is 6. The van der Waals surface area contributed by atoms with Crippen molar-refractivity contribution >= 4 is 11.9 Å². The predicted molar refractivity (Wildman–Crippen MR) is 115 cm³/mol. The molecule has 4 nitrogen and oxygen atoms in total. The fourth-order valence-corrected chi connectivity index (χ4v) is 3.48. The minimum absolute atomic E-state index is 0.00872. The van der Waals surface area contributed by atoms with Crippen LogP contribution in [0.25, 0.3) is 0 Å².